The van der Waals surface area contributed by atoms with Crippen LogP contribution >= 0.6 is 0 Å². The van der Waals surface area contributed by atoms with Gasteiger partial charge in [0.05, 0.1) is 18.8 Å². The first kappa shape index (κ1) is 22.6. The zero-order valence-electron chi connectivity index (χ0n) is 16.1. The van der Waals surface area contributed by atoms with Crippen LogP contribution in [0, 0.1) is 0 Å². The van der Waals surface area contributed by atoms with Crippen LogP contribution in [0.2, 0.25) is 0 Å². The lowest BCUT2D eigenvalue weighted by atomic mass is 10.0. The monoisotopic (exact) mass is 416 g/mol. The second kappa shape index (κ2) is 10.7. The fourth-order valence-electron chi connectivity index (χ4n) is 2.74. The number of nitrogens with two attached hydrogens (primary N) is 2. The predicted molar refractivity (Wildman–Crippen MR) is 106 cm³/mol. The van der Waals surface area contributed by atoms with E-state index < -0.39 is 48.2 Å². The Balaban J connectivity index is 2.04. The molecule has 0 saturated carbocycles. The summed E-state index contributed by atoms with van der Waals surface area (Å²) in [6.45, 7) is 0. The average Bonchev–Trinajstić information content (AvgIpc) is 3.20. The summed E-state index contributed by atoms with van der Waals surface area (Å²) in [5, 5.41) is 14.1. The molecule has 30 heavy (non-hydrogen) atoms. The number of hydrogen-bond donors (Lipinski definition) is 6. The number of carbonyl (C=O) groups is 4. The Morgan fingerprint density at radius 1 is 1.03 bits per heavy atom. The van der Waals surface area contributed by atoms with Crippen molar-refractivity contribution in [2.24, 2.45) is 11.5 Å². The van der Waals surface area contributed by atoms with Gasteiger partial charge in [-0.05, 0) is 5.56 Å². The van der Waals surface area contributed by atoms with Crippen LogP contribution in [0.25, 0.3) is 0 Å². The van der Waals surface area contributed by atoms with Gasteiger partial charge in [-0.2, -0.15) is 0 Å². The smallest absolute Gasteiger partial charge is 0.326 e. The molecule has 3 amide bonds. The van der Waals surface area contributed by atoms with Crippen molar-refractivity contribution < 1.29 is 24.3 Å². The Morgan fingerprint density at radius 3 is 2.27 bits per heavy atom. The van der Waals surface area contributed by atoms with Gasteiger partial charge in [0, 0.05) is 24.7 Å². The third kappa shape index (κ3) is 7.02. The first-order valence-corrected chi connectivity index (χ1v) is 9.15. The summed E-state index contributed by atoms with van der Waals surface area (Å²) in [5.41, 5.74) is 12.3. The Bertz CT molecular complexity index is 871. The topological polar surface area (TPSA) is 193 Å². The predicted octanol–water partition coefficient (Wildman–Crippen LogP) is -1.55. The molecule has 0 aliphatic rings. The fraction of sp³-hybridized carbons (Fsp3) is 0.316. The molecular formula is C19H24N6O5. The van der Waals surface area contributed by atoms with E-state index in [1.54, 1.807) is 30.3 Å². The molecule has 8 N–H and O–H groups in total. The molecule has 1 aromatic heterocycles. The number of aromatic nitrogens is 2. The molecule has 2 aromatic rings. The highest BCUT2D eigenvalue weighted by atomic mass is 16.4. The number of amides is 3. The Morgan fingerprint density at radius 2 is 1.70 bits per heavy atom. The molecule has 2 rings (SSSR count). The van der Waals surface area contributed by atoms with Crippen LogP contribution < -0.4 is 22.1 Å². The molecule has 160 valence electrons. The summed E-state index contributed by atoms with van der Waals surface area (Å²) < 4.78 is 0. The van der Waals surface area contributed by atoms with Crippen LogP contribution in [0.3, 0.4) is 0 Å². The molecule has 0 aliphatic heterocycles. The van der Waals surface area contributed by atoms with Gasteiger partial charge in [0.25, 0.3) is 0 Å². The lowest BCUT2D eigenvalue weighted by Crippen LogP contribution is -2.56. The summed E-state index contributed by atoms with van der Waals surface area (Å²) in [5.74, 6) is -3.64. The third-order valence-electron chi connectivity index (χ3n) is 4.27. The van der Waals surface area contributed by atoms with Gasteiger partial charge in [-0.25, -0.2) is 9.78 Å². The van der Waals surface area contributed by atoms with E-state index in [1.165, 1.54) is 12.5 Å². The van der Waals surface area contributed by atoms with E-state index in [2.05, 4.69) is 20.6 Å². The Hall–Kier alpha value is -3.73. The molecule has 3 atom stereocenters. The minimum atomic E-state index is -1.36. The molecule has 0 saturated heterocycles. The number of nitrogens with one attached hydrogen (secondary N) is 3. The number of rotatable bonds is 11. The zero-order chi connectivity index (χ0) is 22.1. The van der Waals surface area contributed by atoms with E-state index in [0.29, 0.717) is 11.3 Å². The van der Waals surface area contributed by atoms with Crippen molar-refractivity contribution in [2.75, 3.05) is 0 Å². The maximum atomic E-state index is 12.6. The fourth-order valence-corrected chi connectivity index (χ4v) is 2.74. The van der Waals surface area contributed by atoms with Crippen LogP contribution in [-0.4, -0.2) is 56.9 Å². The van der Waals surface area contributed by atoms with E-state index in [4.69, 9.17) is 11.5 Å². The molecule has 0 spiro atoms. The van der Waals surface area contributed by atoms with Crippen molar-refractivity contribution in [1.29, 1.82) is 0 Å². The highest BCUT2D eigenvalue weighted by Crippen LogP contribution is 2.05. The molecule has 0 fully saturated rings. The van der Waals surface area contributed by atoms with Gasteiger partial charge in [-0.1, -0.05) is 30.3 Å². The number of carbonyl (C=O) groups excluding carboxylic acids is 3. The lowest BCUT2D eigenvalue weighted by molar-refractivity contribution is -0.142. The third-order valence-corrected chi connectivity index (χ3v) is 4.27. The van der Waals surface area contributed by atoms with Crippen molar-refractivity contribution in [1.82, 2.24) is 20.6 Å². The van der Waals surface area contributed by atoms with Crippen LogP contribution in [-0.2, 0) is 32.0 Å². The van der Waals surface area contributed by atoms with E-state index in [9.17, 15) is 24.3 Å². The minimum absolute atomic E-state index is 0.0263. The number of imidazole rings is 1. The second-order valence-corrected chi connectivity index (χ2v) is 6.71. The molecule has 1 heterocycles. The van der Waals surface area contributed by atoms with Gasteiger partial charge >= 0.3 is 5.97 Å². The molecule has 0 aliphatic carbocycles. The minimum Gasteiger partial charge on any atom is -0.480 e. The number of aliphatic carboxylic acids is 1. The largest absolute Gasteiger partial charge is 0.480 e. The number of carboxylic acids is 1. The number of nitrogens with zero attached hydrogens (tertiary/aromatic N) is 1. The van der Waals surface area contributed by atoms with Crippen molar-refractivity contribution in [2.45, 2.75) is 37.4 Å². The normalized spacial score (nSPS) is 13.6. The average molecular weight is 416 g/mol. The first-order chi connectivity index (χ1) is 14.3. The summed E-state index contributed by atoms with van der Waals surface area (Å²) in [7, 11) is 0. The summed E-state index contributed by atoms with van der Waals surface area (Å²) >= 11 is 0. The van der Waals surface area contributed by atoms with Crippen LogP contribution in [0.15, 0.2) is 42.9 Å². The van der Waals surface area contributed by atoms with Crippen LogP contribution in [0.1, 0.15) is 17.7 Å². The van der Waals surface area contributed by atoms with Gasteiger partial charge < -0.3 is 32.2 Å². The quantitative estimate of drug-likeness (QED) is 0.255. The molecule has 11 nitrogen and oxygen atoms in total. The van der Waals surface area contributed by atoms with Gasteiger partial charge in [-0.3, -0.25) is 14.4 Å². The van der Waals surface area contributed by atoms with E-state index in [1.807, 2.05) is 0 Å². The Kier molecular flexibility index (Phi) is 8.06. The molecule has 0 bridgehead atoms. The van der Waals surface area contributed by atoms with Crippen molar-refractivity contribution in [3.63, 3.8) is 0 Å². The molecular weight excluding hydrogens is 392 g/mol. The van der Waals surface area contributed by atoms with E-state index >= 15 is 0 Å². The summed E-state index contributed by atoms with van der Waals surface area (Å²) in [6, 6.07) is 5.07. The van der Waals surface area contributed by atoms with E-state index in [-0.39, 0.29) is 12.8 Å². The van der Waals surface area contributed by atoms with E-state index in [0.717, 1.165) is 0 Å². The van der Waals surface area contributed by atoms with Gasteiger partial charge in [0.15, 0.2) is 0 Å². The first-order valence-electron chi connectivity index (χ1n) is 9.15. The molecule has 0 unspecified atom stereocenters. The standard InChI is InChI=1S/C19H24N6O5/c20-13(7-12-9-22-10-23-12)17(27)24-14(8-16(21)26)18(28)25-15(19(29)30)6-11-4-2-1-3-5-11/h1-5,9-10,13-15H,6-8,20H2,(H2,21,26)(H,22,23)(H,24,27)(H,25,28)(H,29,30)/t13-,14-,15-/m0/s1. The number of H-pyrrole nitrogens is 1. The Labute approximate surface area is 172 Å². The summed E-state index contributed by atoms with van der Waals surface area (Å²) in [4.78, 5) is 54.5. The van der Waals surface area contributed by atoms with Crippen molar-refractivity contribution >= 4 is 23.7 Å². The molecule has 0 radical (unpaired) electrons. The number of hydrogen-bond acceptors (Lipinski definition) is 6. The van der Waals surface area contributed by atoms with Gasteiger partial charge in [0.1, 0.15) is 12.1 Å². The molecule has 1 aromatic carbocycles. The summed E-state index contributed by atoms with van der Waals surface area (Å²) in [6.07, 6.45) is 2.58. The second-order valence-electron chi connectivity index (χ2n) is 6.71. The highest BCUT2D eigenvalue weighted by Gasteiger charge is 2.29. The number of carboxylic acid groups (broad SMARTS) is 1. The van der Waals surface area contributed by atoms with Gasteiger partial charge in [-0.15, -0.1) is 0 Å². The maximum Gasteiger partial charge on any atom is 0.326 e. The zero-order valence-corrected chi connectivity index (χ0v) is 16.1. The number of benzene rings is 1. The number of primary amides is 1. The highest BCUT2D eigenvalue weighted by molar-refractivity contribution is 5.94. The van der Waals surface area contributed by atoms with Crippen molar-refractivity contribution in [3.05, 3.63) is 54.1 Å². The van der Waals surface area contributed by atoms with Crippen LogP contribution in [0.4, 0.5) is 0 Å². The maximum absolute atomic E-state index is 12.6. The SMILES string of the molecule is NC(=O)C[C@H](NC(=O)[C@@H](N)Cc1cnc[nH]1)C(=O)N[C@@H](Cc1ccccc1)C(=O)O. The van der Waals surface area contributed by atoms with Crippen molar-refractivity contribution in [3.8, 4) is 0 Å². The van der Waals surface area contributed by atoms with Gasteiger partial charge in [0.2, 0.25) is 17.7 Å². The lowest BCUT2D eigenvalue weighted by Gasteiger charge is -2.22. The van der Waals surface area contributed by atoms with Crippen LogP contribution in [0.5, 0.6) is 0 Å². The number of aromatic amines is 1. The molecule has 11 heteroatoms.